The summed E-state index contributed by atoms with van der Waals surface area (Å²) < 4.78 is 13.0. The molecule has 0 saturated heterocycles. The monoisotopic (exact) mass is 272 g/mol. The van der Waals surface area contributed by atoms with E-state index in [0.29, 0.717) is 13.1 Å². The highest BCUT2D eigenvalue weighted by Crippen LogP contribution is 2.03. The zero-order valence-electron chi connectivity index (χ0n) is 11.3. The zero-order valence-corrected chi connectivity index (χ0v) is 11.3. The molecule has 0 heterocycles. The number of halogens is 1. The SMILES string of the molecule is Cc1ccc(CNC(=O)NCc2cccc(F)c2)cc1. The van der Waals surface area contributed by atoms with E-state index in [1.165, 1.54) is 17.7 Å². The molecule has 20 heavy (non-hydrogen) atoms. The van der Waals surface area contributed by atoms with Crippen molar-refractivity contribution in [2.45, 2.75) is 20.0 Å². The van der Waals surface area contributed by atoms with Gasteiger partial charge in [-0.15, -0.1) is 0 Å². The van der Waals surface area contributed by atoms with Crippen molar-refractivity contribution in [1.29, 1.82) is 0 Å². The molecule has 0 unspecified atom stereocenters. The van der Waals surface area contributed by atoms with Crippen molar-refractivity contribution in [2.24, 2.45) is 0 Å². The zero-order chi connectivity index (χ0) is 14.4. The van der Waals surface area contributed by atoms with E-state index >= 15 is 0 Å². The molecule has 0 aliphatic heterocycles. The largest absolute Gasteiger partial charge is 0.334 e. The molecular formula is C16H17FN2O. The second kappa shape index (κ2) is 6.70. The number of hydrogen-bond acceptors (Lipinski definition) is 1. The van der Waals surface area contributed by atoms with Gasteiger partial charge in [0.25, 0.3) is 0 Å². The first-order chi connectivity index (χ1) is 9.63. The highest BCUT2D eigenvalue weighted by Gasteiger charge is 2.01. The summed E-state index contributed by atoms with van der Waals surface area (Å²) >= 11 is 0. The standard InChI is InChI=1S/C16H17FN2O/c1-12-5-7-13(8-6-12)10-18-16(20)19-11-14-3-2-4-15(17)9-14/h2-9H,10-11H2,1H3,(H2,18,19,20). The summed E-state index contributed by atoms with van der Waals surface area (Å²) in [6.07, 6.45) is 0. The molecule has 2 amide bonds. The van der Waals surface area contributed by atoms with Crippen molar-refractivity contribution in [1.82, 2.24) is 10.6 Å². The van der Waals surface area contributed by atoms with Gasteiger partial charge in [0.15, 0.2) is 0 Å². The minimum atomic E-state index is -0.302. The lowest BCUT2D eigenvalue weighted by Crippen LogP contribution is -2.34. The Kier molecular flexibility index (Phi) is 4.71. The number of carbonyl (C=O) groups excluding carboxylic acids is 1. The van der Waals surface area contributed by atoms with Crippen LogP contribution >= 0.6 is 0 Å². The number of benzene rings is 2. The number of rotatable bonds is 4. The molecule has 3 nitrogen and oxygen atoms in total. The van der Waals surface area contributed by atoms with E-state index in [-0.39, 0.29) is 11.8 Å². The molecule has 2 aromatic carbocycles. The van der Waals surface area contributed by atoms with Crippen LogP contribution in [0.1, 0.15) is 16.7 Å². The van der Waals surface area contributed by atoms with E-state index in [1.54, 1.807) is 12.1 Å². The average molecular weight is 272 g/mol. The Morgan fingerprint density at radius 3 is 2.30 bits per heavy atom. The third kappa shape index (κ3) is 4.39. The summed E-state index contributed by atoms with van der Waals surface area (Å²) in [6.45, 7) is 2.79. The van der Waals surface area contributed by atoms with Crippen molar-refractivity contribution in [3.63, 3.8) is 0 Å². The van der Waals surface area contributed by atoms with Gasteiger partial charge in [-0.2, -0.15) is 0 Å². The summed E-state index contributed by atoms with van der Waals surface area (Å²) in [5.41, 5.74) is 2.95. The number of aryl methyl sites for hydroxylation is 1. The average Bonchev–Trinajstić information content (AvgIpc) is 2.45. The van der Waals surface area contributed by atoms with Gasteiger partial charge < -0.3 is 10.6 Å². The van der Waals surface area contributed by atoms with Crippen LogP contribution in [0.3, 0.4) is 0 Å². The Morgan fingerprint density at radius 2 is 1.65 bits per heavy atom. The lowest BCUT2D eigenvalue weighted by atomic mass is 10.1. The number of carbonyl (C=O) groups is 1. The van der Waals surface area contributed by atoms with Crippen LogP contribution in [0.4, 0.5) is 9.18 Å². The minimum absolute atomic E-state index is 0.269. The highest BCUT2D eigenvalue weighted by atomic mass is 19.1. The van der Waals surface area contributed by atoms with Crippen molar-refractivity contribution in [2.75, 3.05) is 0 Å². The second-order valence-corrected chi connectivity index (χ2v) is 4.65. The first-order valence-corrected chi connectivity index (χ1v) is 6.45. The Bertz CT molecular complexity index is 581. The van der Waals surface area contributed by atoms with Crippen LogP contribution in [0.2, 0.25) is 0 Å². The molecule has 2 N–H and O–H groups in total. The lowest BCUT2D eigenvalue weighted by Gasteiger charge is -2.08. The van der Waals surface area contributed by atoms with Crippen molar-refractivity contribution in [3.05, 3.63) is 71.0 Å². The smallest absolute Gasteiger partial charge is 0.315 e. The predicted octanol–water partition coefficient (Wildman–Crippen LogP) is 3.13. The molecule has 2 aromatic rings. The summed E-state index contributed by atoms with van der Waals surface area (Å²) in [7, 11) is 0. The van der Waals surface area contributed by atoms with Gasteiger partial charge in [0.1, 0.15) is 5.82 Å². The van der Waals surface area contributed by atoms with Gasteiger partial charge in [-0.1, -0.05) is 42.0 Å². The maximum atomic E-state index is 13.0. The maximum absolute atomic E-state index is 13.0. The maximum Gasteiger partial charge on any atom is 0.315 e. The molecular weight excluding hydrogens is 255 g/mol. The quantitative estimate of drug-likeness (QED) is 0.882. The molecule has 0 bridgehead atoms. The van der Waals surface area contributed by atoms with Crippen LogP contribution in [0, 0.1) is 12.7 Å². The molecule has 0 atom stereocenters. The third-order valence-electron chi connectivity index (χ3n) is 2.92. The van der Waals surface area contributed by atoms with Gasteiger partial charge in [0.2, 0.25) is 0 Å². The summed E-state index contributed by atoms with van der Waals surface area (Å²) in [5, 5.41) is 5.45. The van der Waals surface area contributed by atoms with Crippen molar-refractivity contribution < 1.29 is 9.18 Å². The fraction of sp³-hybridized carbons (Fsp3) is 0.188. The fourth-order valence-corrected chi connectivity index (χ4v) is 1.78. The van der Waals surface area contributed by atoms with E-state index in [1.807, 2.05) is 31.2 Å². The molecule has 0 radical (unpaired) electrons. The molecule has 2 rings (SSSR count). The summed E-state index contributed by atoms with van der Waals surface area (Å²) in [5.74, 6) is -0.302. The van der Waals surface area contributed by atoms with Crippen LogP contribution < -0.4 is 10.6 Å². The molecule has 0 fully saturated rings. The number of urea groups is 1. The van der Waals surface area contributed by atoms with Gasteiger partial charge in [0.05, 0.1) is 0 Å². The molecule has 0 aliphatic carbocycles. The van der Waals surface area contributed by atoms with Gasteiger partial charge in [0, 0.05) is 13.1 Å². The van der Waals surface area contributed by atoms with Gasteiger partial charge >= 0.3 is 6.03 Å². The molecule has 0 aromatic heterocycles. The number of amides is 2. The minimum Gasteiger partial charge on any atom is -0.334 e. The number of hydrogen-bond donors (Lipinski definition) is 2. The Balaban J connectivity index is 1.77. The predicted molar refractivity (Wildman–Crippen MR) is 76.7 cm³/mol. The van der Waals surface area contributed by atoms with Gasteiger partial charge in [-0.3, -0.25) is 0 Å². The Labute approximate surface area is 117 Å². The molecule has 104 valence electrons. The van der Waals surface area contributed by atoms with E-state index in [9.17, 15) is 9.18 Å². The summed E-state index contributed by atoms with van der Waals surface area (Å²) in [4.78, 5) is 11.6. The van der Waals surface area contributed by atoms with Gasteiger partial charge in [-0.05, 0) is 30.2 Å². The van der Waals surface area contributed by atoms with Crippen LogP contribution in [-0.4, -0.2) is 6.03 Å². The van der Waals surface area contributed by atoms with E-state index in [4.69, 9.17) is 0 Å². The second-order valence-electron chi connectivity index (χ2n) is 4.65. The Morgan fingerprint density at radius 1 is 1.00 bits per heavy atom. The molecule has 4 heteroatoms. The highest BCUT2D eigenvalue weighted by molar-refractivity contribution is 5.73. The van der Waals surface area contributed by atoms with Gasteiger partial charge in [-0.25, -0.2) is 9.18 Å². The van der Waals surface area contributed by atoms with E-state index in [0.717, 1.165) is 11.1 Å². The fourth-order valence-electron chi connectivity index (χ4n) is 1.78. The van der Waals surface area contributed by atoms with Crippen molar-refractivity contribution >= 4 is 6.03 Å². The van der Waals surface area contributed by atoms with E-state index < -0.39 is 0 Å². The third-order valence-corrected chi connectivity index (χ3v) is 2.92. The van der Waals surface area contributed by atoms with Crippen LogP contribution in [-0.2, 0) is 13.1 Å². The molecule has 0 spiro atoms. The first-order valence-electron chi connectivity index (χ1n) is 6.45. The number of nitrogens with one attached hydrogen (secondary N) is 2. The van der Waals surface area contributed by atoms with E-state index in [2.05, 4.69) is 10.6 Å². The van der Waals surface area contributed by atoms with Crippen molar-refractivity contribution in [3.8, 4) is 0 Å². The van der Waals surface area contributed by atoms with Crippen LogP contribution in [0.25, 0.3) is 0 Å². The topological polar surface area (TPSA) is 41.1 Å². The van der Waals surface area contributed by atoms with Crippen LogP contribution in [0.15, 0.2) is 48.5 Å². The molecule has 0 aliphatic rings. The lowest BCUT2D eigenvalue weighted by molar-refractivity contribution is 0.240. The Hall–Kier alpha value is -2.36. The first kappa shape index (κ1) is 14.1. The van der Waals surface area contributed by atoms with Crippen LogP contribution in [0.5, 0.6) is 0 Å². The normalized spacial score (nSPS) is 10.1. The molecule has 0 saturated carbocycles. The summed E-state index contributed by atoms with van der Waals surface area (Å²) in [6, 6.07) is 13.9.